The molecule has 0 N–H and O–H groups in total. The van der Waals surface area contributed by atoms with Crippen LogP contribution < -0.4 is 0 Å². The third-order valence-corrected chi connectivity index (χ3v) is 4.78. The van der Waals surface area contributed by atoms with E-state index < -0.39 is 0 Å². The molecule has 0 heterocycles. The van der Waals surface area contributed by atoms with Gasteiger partial charge in [0, 0.05) is 5.92 Å². The third-order valence-electron chi connectivity index (χ3n) is 4.78. The molecule has 112 valence electrons. The standard InChI is InChI=1S/C23H20/c1-2-21(20-15-14-17-8-3-4-10-19(17)16-20)23-13-7-11-18-9-5-6-12-22(18)23/h3-16,21H,2H2,1H3. The van der Waals surface area contributed by atoms with Crippen molar-refractivity contribution in [3.05, 3.63) is 96.1 Å². The minimum absolute atomic E-state index is 0.436. The normalized spacial score (nSPS) is 12.6. The SMILES string of the molecule is CCC(c1ccc2ccccc2c1)c1cccc2ccccc12. The molecule has 1 atom stereocenters. The number of hydrogen-bond donors (Lipinski definition) is 0. The summed E-state index contributed by atoms with van der Waals surface area (Å²) < 4.78 is 0. The Morgan fingerprint density at radius 3 is 2.17 bits per heavy atom. The lowest BCUT2D eigenvalue weighted by atomic mass is 9.85. The molecule has 0 saturated carbocycles. The Balaban J connectivity index is 1.89. The molecule has 0 fully saturated rings. The summed E-state index contributed by atoms with van der Waals surface area (Å²) in [6.45, 7) is 2.28. The summed E-state index contributed by atoms with van der Waals surface area (Å²) in [5, 5.41) is 5.33. The van der Waals surface area contributed by atoms with Gasteiger partial charge in [-0.2, -0.15) is 0 Å². The molecular weight excluding hydrogens is 276 g/mol. The topological polar surface area (TPSA) is 0 Å². The first-order chi connectivity index (χ1) is 11.4. The Morgan fingerprint density at radius 2 is 1.35 bits per heavy atom. The van der Waals surface area contributed by atoms with Crippen molar-refractivity contribution in [3.63, 3.8) is 0 Å². The molecule has 0 nitrogen and oxygen atoms in total. The van der Waals surface area contributed by atoms with Crippen LogP contribution in [0.1, 0.15) is 30.4 Å². The van der Waals surface area contributed by atoms with Crippen molar-refractivity contribution < 1.29 is 0 Å². The summed E-state index contributed by atoms with van der Waals surface area (Å²) in [7, 11) is 0. The van der Waals surface area contributed by atoms with E-state index in [-0.39, 0.29) is 0 Å². The Kier molecular flexibility index (Phi) is 3.59. The van der Waals surface area contributed by atoms with Gasteiger partial charge in [-0.25, -0.2) is 0 Å². The summed E-state index contributed by atoms with van der Waals surface area (Å²) in [5.74, 6) is 0.436. The second-order valence-electron chi connectivity index (χ2n) is 6.14. The van der Waals surface area contributed by atoms with Gasteiger partial charge < -0.3 is 0 Å². The van der Waals surface area contributed by atoms with Crippen LogP contribution in [0.2, 0.25) is 0 Å². The number of hydrogen-bond acceptors (Lipinski definition) is 0. The fraction of sp³-hybridized carbons (Fsp3) is 0.130. The molecule has 0 bridgehead atoms. The summed E-state index contributed by atoms with van der Waals surface area (Å²) in [5.41, 5.74) is 2.84. The van der Waals surface area contributed by atoms with E-state index in [2.05, 4.69) is 91.9 Å². The third kappa shape index (κ3) is 2.51. The minimum Gasteiger partial charge on any atom is -0.0645 e. The molecule has 23 heavy (non-hydrogen) atoms. The molecule has 0 radical (unpaired) electrons. The zero-order chi connectivity index (χ0) is 15.6. The van der Waals surface area contributed by atoms with Crippen LogP contribution in [0.25, 0.3) is 21.5 Å². The Bertz CT molecular complexity index is 960. The molecule has 4 aromatic rings. The molecule has 0 spiro atoms. The highest BCUT2D eigenvalue weighted by molar-refractivity contribution is 5.87. The first-order valence-corrected chi connectivity index (χ1v) is 8.33. The van der Waals surface area contributed by atoms with Crippen LogP contribution in [0, 0.1) is 0 Å². The predicted octanol–water partition coefficient (Wildman–Crippen LogP) is 6.53. The summed E-state index contributed by atoms with van der Waals surface area (Å²) >= 11 is 0. The lowest BCUT2D eigenvalue weighted by Crippen LogP contribution is -2.00. The quantitative estimate of drug-likeness (QED) is 0.403. The maximum absolute atomic E-state index is 2.35. The van der Waals surface area contributed by atoms with Crippen molar-refractivity contribution in [2.75, 3.05) is 0 Å². The van der Waals surface area contributed by atoms with E-state index in [9.17, 15) is 0 Å². The van der Waals surface area contributed by atoms with E-state index in [1.807, 2.05) is 0 Å². The van der Waals surface area contributed by atoms with Crippen LogP contribution in [-0.4, -0.2) is 0 Å². The molecule has 0 aliphatic rings. The van der Waals surface area contributed by atoms with Crippen molar-refractivity contribution >= 4 is 21.5 Å². The van der Waals surface area contributed by atoms with Crippen LogP contribution in [0.5, 0.6) is 0 Å². The van der Waals surface area contributed by atoms with Gasteiger partial charge in [-0.1, -0.05) is 91.9 Å². The Morgan fingerprint density at radius 1 is 0.652 bits per heavy atom. The first kappa shape index (κ1) is 14.0. The van der Waals surface area contributed by atoms with Crippen LogP contribution in [0.15, 0.2) is 84.9 Å². The van der Waals surface area contributed by atoms with Gasteiger partial charge in [0.25, 0.3) is 0 Å². The molecule has 0 amide bonds. The van der Waals surface area contributed by atoms with Gasteiger partial charge in [-0.05, 0) is 39.1 Å². The lowest BCUT2D eigenvalue weighted by molar-refractivity contribution is 0.785. The molecule has 0 aliphatic heterocycles. The molecule has 0 saturated heterocycles. The lowest BCUT2D eigenvalue weighted by Gasteiger charge is -2.19. The molecule has 0 heteroatoms. The van der Waals surface area contributed by atoms with Gasteiger partial charge in [-0.15, -0.1) is 0 Å². The van der Waals surface area contributed by atoms with Crippen LogP contribution in [0.4, 0.5) is 0 Å². The van der Waals surface area contributed by atoms with Crippen molar-refractivity contribution in [3.8, 4) is 0 Å². The van der Waals surface area contributed by atoms with Gasteiger partial charge in [0.1, 0.15) is 0 Å². The summed E-state index contributed by atoms with van der Waals surface area (Å²) in [6.07, 6.45) is 1.10. The minimum atomic E-state index is 0.436. The van der Waals surface area contributed by atoms with Gasteiger partial charge in [0.05, 0.1) is 0 Å². The summed E-state index contributed by atoms with van der Waals surface area (Å²) in [6, 6.07) is 30.9. The Labute approximate surface area is 137 Å². The molecule has 0 aromatic heterocycles. The summed E-state index contributed by atoms with van der Waals surface area (Å²) in [4.78, 5) is 0. The van der Waals surface area contributed by atoms with Crippen molar-refractivity contribution in [1.82, 2.24) is 0 Å². The van der Waals surface area contributed by atoms with E-state index in [1.165, 1.54) is 32.7 Å². The highest BCUT2D eigenvalue weighted by Crippen LogP contribution is 2.34. The fourth-order valence-corrected chi connectivity index (χ4v) is 3.61. The van der Waals surface area contributed by atoms with E-state index in [4.69, 9.17) is 0 Å². The second-order valence-corrected chi connectivity index (χ2v) is 6.14. The van der Waals surface area contributed by atoms with Gasteiger partial charge >= 0.3 is 0 Å². The molecule has 4 rings (SSSR count). The first-order valence-electron chi connectivity index (χ1n) is 8.33. The largest absolute Gasteiger partial charge is 0.0645 e. The van der Waals surface area contributed by atoms with Crippen molar-refractivity contribution in [2.45, 2.75) is 19.3 Å². The average molecular weight is 296 g/mol. The van der Waals surface area contributed by atoms with Crippen LogP contribution in [-0.2, 0) is 0 Å². The monoisotopic (exact) mass is 296 g/mol. The van der Waals surface area contributed by atoms with E-state index >= 15 is 0 Å². The highest BCUT2D eigenvalue weighted by atomic mass is 14.2. The molecular formula is C23H20. The average Bonchev–Trinajstić information content (AvgIpc) is 2.62. The zero-order valence-electron chi connectivity index (χ0n) is 13.4. The van der Waals surface area contributed by atoms with E-state index in [0.717, 1.165) is 6.42 Å². The maximum Gasteiger partial charge on any atom is 0.00930 e. The van der Waals surface area contributed by atoms with Crippen LogP contribution >= 0.6 is 0 Å². The molecule has 0 aliphatic carbocycles. The van der Waals surface area contributed by atoms with E-state index in [0.29, 0.717) is 5.92 Å². The van der Waals surface area contributed by atoms with E-state index in [1.54, 1.807) is 0 Å². The second kappa shape index (κ2) is 5.89. The number of rotatable bonds is 3. The smallest absolute Gasteiger partial charge is 0.00930 e. The van der Waals surface area contributed by atoms with Crippen molar-refractivity contribution in [2.24, 2.45) is 0 Å². The molecule has 4 aromatic carbocycles. The zero-order valence-corrected chi connectivity index (χ0v) is 13.4. The van der Waals surface area contributed by atoms with Gasteiger partial charge in [-0.3, -0.25) is 0 Å². The van der Waals surface area contributed by atoms with Crippen LogP contribution in [0.3, 0.4) is 0 Å². The Hall–Kier alpha value is -2.60. The number of fused-ring (bicyclic) bond motifs is 2. The highest BCUT2D eigenvalue weighted by Gasteiger charge is 2.15. The maximum atomic E-state index is 2.35. The van der Waals surface area contributed by atoms with Gasteiger partial charge in [0.2, 0.25) is 0 Å². The fourth-order valence-electron chi connectivity index (χ4n) is 3.61. The predicted molar refractivity (Wildman–Crippen MR) is 100 cm³/mol. The number of benzene rings is 4. The molecule has 1 unspecified atom stereocenters. The van der Waals surface area contributed by atoms with Crippen molar-refractivity contribution in [1.29, 1.82) is 0 Å². The van der Waals surface area contributed by atoms with Gasteiger partial charge in [0.15, 0.2) is 0 Å².